The Balaban J connectivity index is 2.28. The van der Waals surface area contributed by atoms with Crippen LogP contribution in [0.4, 0.5) is 4.79 Å². The van der Waals surface area contributed by atoms with Crippen LogP contribution in [0, 0.1) is 5.92 Å². The van der Waals surface area contributed by atoms with Crippen LogP contribution in [0.5, 0.6) is 0 Å². The predicted molar refractivity (Wildman–Crippen MR) is 113 cm³/mol. The van der Waals surface area contributed by atoms with Crippen molar-refractivity contribution in [1.82, 2.24) is 15.5 Å². The van der Waals surface area contributed by atoms with Gasteiger partial charge in [0.25, 0.3) is 0 Å². The number of nitrogens with one attached hydrogen (secondary N) is 2. The summed E-state index contributed by atoms with van der Waals surface area (Å²) in [5.41, 5.74) is -1.57. The van der Waals surface area contributed by atoms with E-state index >= 15 is 0 Å². The number of ether oxygens (including phenoxy) is 1. The third-order valence-corrected chi connectivity index (χ3v) is 5.85. The van der Waals surface area contributed by atoms with E-state index in [1.807, 2.05) is 46.8 Å². The van der Waals surface area contributed by atoms with Gasteiger partial charge in [-0.3, -0.25) is 14.9 Å². The normalized spacial score (nSPS) is 29.7. The van der Waals surface area contributed by atoms with Crippen molar-refractivity contribution in [2.75, 3.05) is 26.2 Å². The maximum Gasteiger partial charge on any atom is 0.410 e. The van der Waals surface area contributed by atoms with Crippen LogP contribution < -0.4 is 10.6 Å². The molecule has 7 heteroatoms. The number of carbonyl (C=O) groups excluding carboxylic acids is 3. The summed E-state index contributed by atoms with van der Waals surface area (Å²) < 4.78 is 5.34. The Bertz CT molecular complexity index is 646. The van der Waals surface area contributed by atoms with E-state index in [0.29, 0.717) is 19.4 Å². The minimum Gasteiger partial charge on any atom is -0.445 e. The van der Waals surface area contributed by atoms with Crippen LogP contribution in [0.15, 0.2) is 12.2 Å². The van der Waals surface area contributed by atoms with Gasteiger partial charge in [-0.25, -0.2) is 4.79 Å². The first-order valence-electron chi connectivity index (χ1n) is 10.8. The van der Waals surface area contributed by atoms with E-state index in [1.165, 1.54) is 0 Å². The molecule has 1 fully saturated rings. The molecular formula is C22H37N3O4. The minimum absolute atomic E-state index is 0.0164. The molecule has 29 heavy (non-hydrogen) atoms. The van der Waals surface area contributed by atoms with Crippen LogP contribution in [0.3, 0.4) is 0 Å². The van der Waals surface area contributed by atoms with Gasteiger partial charge in [-0.2, -0.15) is 0 Å². The monoisotopic (exact) mass is 407 g/mol. The molecule has 2 heterocycles. The van der Waals surface area contributed by atoms with Gasteiger partial charge in [-0.05, 0) is 46.5 Å². The van der Waals surface area contributed by atoms with Crippen LogP contribution in [0.25, 0.3) is 0 Å². The van der Waals surface area contributed by atoms with Gasteiger partial charge in [0.05, 0.1) is 17.6 Å². The largest absolute Gasteiger partial charge is 0.445 e. The van der Waals surface area contributed by atoms with Crippen molar-refractivity contribution < 1.29 is 19.1 Å². The number of rotatable bonds is 4. The maximum atomic E-state index is 13.3. The molecule has 2 atom stereocenters. The Morgan fingerprint density at radius 2 is 1.93 bits per heavy atom. The second-order valence-electron chi connectivity index (χ2n) is 9.12. The van der Waals surface area contributed by atoms with Crippen molar-refractivity contribution >= 4 is 17.7 Å². The van der Waals surface area contributed by atoms with Crippen molar-refractivity contribution in [1.29, 1.82) is 0 Å². The number of hydrogen-bond donors (Lipinski definition) is 2. The fraction of sp³-hybridized carbons (Fsp3) is 0.773. The van der Waals surface area contributed by atoms with Crippen molar-refractivity contribution in [3.05, 3.63) is 12.2 Å². The molecule has 0 unspecified atom stereocenters. The molecule has 0 aromatic rings. The Hall–Kier alpha value is -1.73. The lowest BCUT2D eigenvalue weighted by molar-refractivity contribution is -0.129. The number of fused-ring (bicyclic) bond motifs is 2. The number of carbonyl (C=O) groups is 3. The molecule has 2 rings (SSSR count). The van der Waals surface area contributed by atoms with Crippen LogP contribution >= 0.6 is 0 Å². The van der Waals surface area contributed by atoms with E-state index < -0.39 is 17.2 Å². The molecule has 164 valence electrons. The second kappa shape index (κ2) is 9.85. The van der Waals surface area contributed by atoms with E-state index in [1.54, 1.807) is 4.90 Å². The average molecular weight is 408 g/mol. The molecule has 7 nitrogen and oxygen atoms in total. The topological polar surface area (TPSA) is 87.7 Å². The summed E-state index contributed by atoms with van der Waals surface area (Å²) in [5, 5.41) is 6.68. The van der Waals surface area contributed by atoms with Crippen LogP contribution in [-0.4, -0.2) is 65.9 Å². The van der Waals surface area contributed by atoms with Crippen molar-refractivity contribution in [2.45, 2.75) is 77.4 Å². The molecule has 0 radical (unpaired) electrons. The van der Waals surface area contributed by atoms with Gasteiger partial charge >= 0.3 is 6.09 Å². The Labute approximate surface area is 174 Å². The van der Waals surface area contributed by atoms with Gasteiger partial charge in [0.2, 0.25) is 0 Å². The molecule has 0 aliphatic carbocycles. The summed E-state index contributed by atoms with van der Waals surface area (Å²) in [6.07, 6.45) is 6.21. The van der Waals surface area contributed by atoms with Gasteiger partial charge in [-0.15, -0.1) is 0 Å². The van der Waals surface area contributed by atoms with Crippen molar-refractivity contribution in [2.24, 2.45) is 5.92 Å². The summed E-state index contributed by atoms with van der Waals surface area (Å²) in [6.45, 7) is 10.7. The number of ketones is 2. The minimum atomic E-state index is -0.821. The first-order chi connectivity index (χ1) is 13.6. The van der Waals surface area contributed by atoms with E-state index in [9.17, 15) is 14.4 Å². The highest BCUT2D eigenvalue weighted by molar-refractivity contribution is 5.94. The summed E-state index contributed by atoms with van der Waals surface area (Å²) >= 11 is 0. The van der Waals surface area contributed by atoms with Gasteiger partial charge in [0.15, 0.2) is 11.6 Å². The highest BCUT2D eigenvalue weighted by atomic mass is 16.6. The molecule has 1 amide bonds. The van der Waals surface area contributed by atoms with Crippen LogP contribution in [0.1, 0.15) is 60.3 Å². The first kappa shape index (κ1) is 23.5. The smallest absolute Gasteiger partial charge is 0.410 e. The quantitative estimate of drug-likeness (QED) is 0.696. The molecule has 2 aliphatic rings. The predicted octanol–water partition coefficient (Wildman–Crippen LogP) is 2.45. The second-order valence-corrected chi connectivity index (χ2v) is 9.12. The fourth-order valence-electron chi connectivity index (χ4n) is 4.29. The molecule has 0 saturated carbocycles. The van der Waals surface area contributed by atoms with Gasteiger partial charge in [-0.1, -0.05) is 26.0 Å². The van der Waals surface area contributed by atoms with E-state index in [0.717, 1.165) is 12.8 Å². The lowest BCUT2D eigenvalue weighted by Gasteiger charge is -2.35. The van der Waals surface area contributed by atoms with Crippen molar-refractivity contribution in [3.8, 4) is 0 Å². The number of hydrogen-bond acceptors (Lipinski definition) is 6. The van der Waals surface area contributed by atoms with E-state index in [-0.39, 0.29) is 43.2 Å². The number of Topliss-reactive ketones (excluding diaryl/α,β-unsaturated/α-hetero) is 2. The van der Waals surface area contributed by atoms with Crippen LogP contribution in [0.2, 0.25) is 0 Å². The molecule has 2 bridgehead atoms. The number of allylic oxidation sites excluding steroid dienone is 1. The van der Waals surface area contributed by atoms with Gasteiger partial charge in [0.1, 0.15) is 6.61 Å². The van der Waals surface area contributed by atoms with Gasteiger partial charge in [0, 0.05) is 25.0 Å². The van der Waals surface area contributed by atoms with E-state index in [4.69, 9.17) is 4.74 Å². The molecule has 2 aliphatic heterocycles. The van der Waals surface area contributed by atoms with Crippen molar-refractivity contribution in [3.63, 3.8) is 0 Å². The lowest BCUT2D eigenvalue weighted by atomic mass is 9.83. The third kappa shape index (κ3) is 5.89. The molecule has 0 spiro atoms. The van der Waals surface area contributed by atoms with Crippen LogP contribution in [-0.2, 0) is 14.3 Å². The number of nitrogens with zero attached hydrogens (tertiary/aromatic N) is 1. The number of cyclic esters (lactones) is 1. The Morgan fingerprint density at radius 1 is 1.21 bits per heavy atom. The van der Waals surface area contributed by atoms with Gasteiger partial charge < -0.3 is 15.0 Å². The molecular weight excluding hydrogens is 370 g/mol. The zero-order valence-electron chi connectivity index (χ0n) is 18.5. The summed E-state index contributed by atoms with van der Waals surface area (Å²) in [4.78, 5) is 40.2. The fourth-order valence-corrected chi connectivity index (χ4v) is 4.29. The highest BCUT2D eigenvalue weighted by Crippen LogP contribution is 2.26. The average Bonchev–Trinajstić information content (AvgIpc) is 3.08. The first-order valence-corrected chi connectivity index (χ1v) is 10.8. The standard InChI is InChI=1S/C22H37N3O4/c1-16(2)19(27)21(5)10-8-6-7-9-13-29-20(28)25-12-11-22(15-25,24-17(3)4)18(26)14-23-21/h7,9,16-17,23-24H,6,8,10-15H2,1-5H3/t21-,22-/m0/s1. The SMILES string of the molecule is CC(C)N[C@@]12CCN(C1)C(=O)OCC=CCCC[C@@](C)(C(=O)C(C)C)NCC2=O. The zero-order chi connectivity index (χ0) is 21.7. The summed E-state index contributed by atoms with van der Waals surface area (Å²) in [5.74, 6) is -0.00993. The summed E-state index contributed by atoms with van der Waals surface area (Å²) in [6, 6.07) is 0.0867. The third-order valence-electron chi connectivity index (χ3n) is 5.85. The summed E-state index contributed by atoms with van der Waals surface area (Å²) in [7, 11) is 0. The Morgan fingerprint density at radius 3 is 2.59 bits per heavy atom. The molecule has 0 aromatic carbocycles. The molecule has 1 saturated heterocycles. The Kier molecular flexibility index (Phi) is 8.00. The molecule has 0 aromatic heterocycles. The highest BCUT2D eigenvalue weighted by Gasteiger charge is 2.47. The maximum absolute atomic E-state index is 13.3. The lowest BCUT2D eigenvalue weighted by Crippen LogP contribution is -2.61. The zero-order valence-corrected chi connectivity index (χ0v) is 18.5. The van der Waals surface area contributed by atoms with E-state index in [2.05, 4.69) is 10.6 Å². The molecule has 2 N–H and O–H groups in total. The number of amides is 1.